The molecule has 26 heavy (non-hydrogen) atoms. The van der Waals surface area contributed by atoms with Crippen LogP contribution in [0.25, 0.3) is 0 Å². The van der Waals surface area contributed by atoms with Gasteiger partial charge in [0.1, 0.15) is 17.2 Å². The standard InChI is InChI=1S/C21H27NO4/c1-15-8-5-6-9-19(15)26-13-7-10-21(23)22-16(2)18-12-11-17(24-3)14-20(18)25-4/h5-6,8-9,11-12,14,16H,7,10,13H2,1-4H3,(H,22,23). The van der Waals surface area contributed by atoms with E-state index in [9.17, 15) is 4.79 Å². The van der Waals surface area contributed by atoms with Crippen LogP contribution in [0.5, 0.6) is 17.2 Å². The number of aryl methyl sites for hydroxylation is 1. The fourth-order valence-electron chi connectivity index (χ4n) is 2.70. The van der Waals surface area contributed by atoms with Crippen LogP contribution in [0, 0.1) is 6.92 Å². The number of benzene rings is 2. The summed E-state index contributed by atoms with van der Waals surface area (Å²) in [7, 11) is 3.22. The Labute approximate surface area is 155 Å². The van der Waals surface area contributed by atoms with Crippen molar-refractivity contribution in [3.05, 3.63) is 53.6 Å². The van der Waals surface area contributed by atoms with E-state index in [0.29, 0.717) is 25.2 Å². The van der Waals surface area contributed by atoms with Crippen LogP contribution >= 0.6 is 0 Å². The summed E-state index contributed by atoms with van der Waals surface area (Å²) < 4.78 is 16.3. The second kappa shape index (κ2) is 9.70. The molecule has 0 aromatic heterocycles. The lowest BCUT2D eigenvalue weighted by Crippen LogP contribution is -2.27. The Morgan fingerprint density at radius 2 is 1.85 bits per heavy atom. The molecule has 0 aliphatic rings. The van der Waals surface area contributed by atoms with E-state index in [4.69, 9.17) is 14.2 Å². The van der Waals surface area contributed by atoms with Crippen LogP contribution in [0.1, 0.15) is 36.9 Å². The van der Waals surface area contributed by atoms with Crippen molar-refractivity contribution in [2.45, 2.75) is 32.7 Å². The third-order valence-corrected chi connectivity index (χ3v) is 4.18. The second-order valence-electron chi connectivity index (χ2n) is 6.11. The molecule has 0 fully saturated rings. The van der Waals surface area contributed by atoms with Gasteiger partial charge in [0.2, 0.25) is 5.91 Å². The van der Waals surface area contributed by atoms with Gasteiger partial charge in [0.15, 0.2) is 0 Å². The molecule has 140 valence electrons. The highest BCUT2D eigenvalue weighted by atomic mass is 16.5. The molecule has 0 aliphatic carbocycles. The zero-order chi connectivity index (χ0) is 18.9. The average Bonchev–Trinajstić information content (AvgIpc) is 2.65. The number of amides is 1. The molecule has 0 aliphatic heterocycles. The minimum atomic E-state index is -0.152. The van der Waals surface area contributed by atoms with Gasteiger partial charge in [0.25, 0.3) is 0 Å². The van der Waals surface area contributed by atoms with Gasteiger partial charge < -0.3 is 19.5 Å². The number of rotatable bonds is 9. The van der Waals surface area contributed by atoms with Crippen molar-refractivity contribution in [1.29, 1.82) is 0 Å². The van der Waals surface area contributed by atoms with Crippen LogP contribution in [-0.4, -0.2) is 26.7 Å². The summed E-state index contributed by atoms with van der Waals surface area (Å²) in [5, 5.41) is 3.00. The molecule has 1 unspecified atom stereocenters. The van der Waals surface area contributed by atoms with Crippen LogP contribution < -0.4 is 19.5 Å². The van der Waals surface area contributed by atoms with Crippen molar-refractivity contribution < 1.29 is 19.0 Å². The van der Waals surface area contributed by atoms with Crippen LogP contribution in [-0.2, 0) is 4.79 Å². The number of methoxy groups -OCH3 is 2. The topological polar surface area (TPSA) is 56.8 Å². The fraction of sp³-hybridized carbons (Fsp3) is 0.381. The lowest BCUT2D eigenvalue weighted by molar-refractivity contribution is -0.121. The van der Waals surface area contributed by atoms with E-state index >= 15 is 0 Å². The Hall–Kier alpha value is -2.69. The first-order valence-corrected chi connectivity index (χ1v) is 8.75. The van der Waals surface area contributed by atoms with Crippen molar-refractivity contribution >= 4 is 5.91 Å². The molecule has 1 N–H and O–H groups in total. The maximum Gasteiger partial charge on any atom is 0.220 e. The largest absolute Gasteiger partial charge is 0.497 e. The Morgan fingerprint density at radius 1 is 1.08 bits per heavy atom. The summed E-state index contributed by atoms with van der Waals surface area (Å²) in [5.41, 5.74) is 2.01. The van der Waals surface area contributed by atoms with Gasteiger partial charge in [0, 0.05) is 18.1 Å². The van der Waals surface area contributed by atoms with Gasteiger partial charge in [-0.15, -0.1) is 0 Å². The smallest absolute Gasteiger partial charge is 0.220 e. The fourth-order valence-corrected chi connectivity index (χ4v) is 2.70. The highest BCUT2D eigenvalue weighted by Gasteiger charge is 2.15. The van der Waals surface area contributed by atoms with E-state index in [1.165, 1.54) is 0 Å². The number of hydrogen-bond donors (Lipinski definition) is 1. The predicted molar refractivity (Wildman–Crippen MR) is 102 cm³/mol. The van der Waals surface area contributed by atoms with Gasteiger partial charge >= 0.3 is 0 Å². The molecule has 0 bridgehead atoms. The van der Waals surface area contributed by atoms with Gasteiger partial charge in [-0.2, -0.15) is 0 Å². The summed E-state index contributed by atoms with van der Waals surface area (Å²) in [6.07, 6.45) is 1.07. The minimum absolute atomic E-state index is 0.0104. The Morgan fingerprint density at radius 3 is 2.54 bits per heavy atom. The zero-order valence-electron chi connectivity index (χ0n) is 15.9. The van der Waals surface area contributed by atoms with Crippen molar-refractivity contribution in [1.82, 2.24) is 5.32 Å². The van der Waals surface area contributed by atoms with E-state index < -0.39 is 0 Å². The van der Waals surface area contributed by atoms with E-state index in [0.717, 1.165) is 22.6 Å². The third-order valence-electron chi connectivity index (χ3n) is 4.18. The summed E-state index contributed by atoms with van der Waals surface area (Å²) in [4.78, 5) is 12.2. The number of nitrogens with one attached hydrogen (secondary N) is 1. The maximum atomic E-state index is 12.2. The summed E-state index contributed by atoms with van der Waals surface area (Å²) in [6.45, 7) is 4.45. The number of hydrogen-bond acceptors (Lipinski definition) is 4. The lowest BCUT2D eigenvalue weighted by Gasteiger charge is -2.18. The molecule has 0 saturated heterocycles. The molecule has 0 saturated carbocycles. The Bertz CT molecular complexity index is 730. The van der Waals surface area contributed by atoms with Gasteiger partial charge in [-0.1, -0.05) is 18.2 Å². The molecule has 1 amide bonds. The van der Waals surface area contributed by atoms with Crippen LogP contribution in [0.15, 0.2) is 42.5 Å². The monoisotopic (exact) mass is 357 g/mol. The summed E-state index contributed by atoms with van der Waals surface area (Å²) >= 11 is 0. The third kappa shape index (κ3) is 5.41. The average molecular weight is 357 g/mol. The number of para-hydroxylation sites is 1. The first kappa shape index (κ1) is 19.6. The molecule has 2 rings (SSSR count). The molecule has 2 aromatic rings. The van der Waals surface area contributed by atoms with Crippen molar-refractivity contribution in [2.75, 3.05) is 20.8 Å². The predicted octanol–water partition coefficient (Wildman–Crippen LogP) is 4.05. The molecular formula is C21H27NO4. The van der Waals surface area contributed by atoms with E-state index in [1.54, 1.807) is 14.2 Å². The number of ether oxygens (including phenoxy) is 3. The van der Waals surface area contributed by atoms with E-state index in [2.05, 4.69) is 5.32 Å². The highest BCUT2D eigenvalue weighted by molar-refractivity contribution is 5.76. The molecule has 0 heterocycles. The first-order chi connectivity index (χ1) is 12.5. The number of carbonyl (C=O) groups excluding carboxylic acids is 1. The zero-order valence-corrected chi connectivity index (χ0v) is 15.9. The number of carbonyl (C=O) groups is 1. The van der Waals surface area contributed by atoms with Gasteiger partial charge in [-0.25, -0.2) is 0 Å². The molecule has 0 radical (unpaired) electrons. The van der Waals surface area contributed by atoms with Crippen LogP contribution in [0.3, 0.4) is 0 Å². The van der Waals surface area contributed by atoms with Crippen molar-refractivity contribution in [2.24, 2.45) is 0 Å². The Balaban J connectivity index is 1.81. The Kier molecular flexibility index (Phi) is 7.33. The van der Waals surface area contributed by atoms with E-state index in [1.807, 2.05) is 56.3 Å². The molecule has 5 heteroatoms. The van der Waals surface area contributed by atoms with Gasteiger partial charge in [-0.05, 0) is 44.0 Å². The highest BCUT2D eigenvalue weighted by Crippen LogP contribution is 2.29. The van der Waals surface area contributed by atoms with E-state index in [-0.39, 0.29) is 11.9 Å². The van der Waals surface area contributed by atoms with Crippen molar-refractivity contribution in [3.63, 3.8) is 0 Å². The molecule has 0 spiro atoms. The second-order valence-corrected chi connectivity index (χ2v) is 6.11. The first-order valence-electron chi connectivity index (χ1n) is 8.75. The maximum absolute atomic E-state index is 12.2. The van der Waals surface area contributed by atoms with Gasteiger partial charge in [0.05, 0.1) is 26.9 Å². The van der Waals surface area contributed by atoms with Gasteiger partial charge in [-0.3, -0.25) is 4.79 Å². The molecule has 5 nitrogen and oxygen atoms in total. The SMILES string of the molecule is COc1ccc(C(C)NC(=O)CCCOc2ccccc2C)c(OC)c1. The molecule has 2 aromatic carbocycles. The molecule has 1 atom stereocenters. The van der Waals surface area contributed by atoms with Crippen molar-refractivity contribution in [3.8, 4) is 17.2 Å². The lowest BCUT2D eigenvalue weighted by atomic mass is 10.1. The van der Waals surface area contributed by atoms with Crippen LogP contribution in [0.4, 0.5) is 0 Å². The normalized spacial score (nSPS) is 11.5. The minimum Gasteiger partial charge on any atom is -0.497 e. The summed E-state index contributed by atoms with van der Waals surface area (Å²) in [6, 6.07) is 13.3. The molecular weight excluding hydrogens is 330 g/mol. The quantitative estimate of drug-likeness (QED) is 0.688. The summed E-state index contributed by atoms with van der Waals surface area (Å²) in [5.74, 6) is 2.27. The van der Waals surface area contributed by atoms with Crippen LogP contribution in [0.2, 0.25) is 0 Å².